The minimum atomic E-state index is 0.0613. The zero-order valence-electron chi connectivity index (χ0n) is 13.4. The van der Waals surface area contributed by atoms with Gasteiger partial charge in [0.1, 0.15) is 0 Å². The Hall–Kier alpha value is -1.74. The topological polar surface area (TPSA) is 29.1 Å². The fraction of sp³-hybridized carbons (Fsp3) is 0.316. The molecular formula is C19H23NOS. The van der Waals surface area contributed by atoms with E-state index in [1.807, 2.05) is 30.3 Å². The van der Waals surface area contributed by atoms with Crippen LogP contribution in [0.1, 0.15) is 31.0 Å². The lowest BCUT2D eigenvalue weighted by Crippen LogP contribution is -2.32. The zero-order valence-corrected chi connectivity index (χ0v) is 14.2. The van der Waals surface area contributed by atoms with Crippen LogP contribution >= 0.6 is 11.8 Å². The van der Waals surface area contributed by atoms with Crippen molar-refractivity contribution in [3.63, 3.8) is 0 Å². The molecule has 22 heavy (non-hydrogen) atoms. The number of aryl methyl sites for hydroxylation is 1. The van der Waals surface area contributed by atoms with Gasteiger partial charge in [-0.15, -0.1) is 11.8 Å². The van der Waals surface area contributed by atoms with Gasteiger partial charge in [-0.05, 0) is 30.0 Å². The highest BCUT2D eigenvalue weighted by atomic mass is 32.2. The second kappa shape index (κ2) is 8.04. The van der Waals surface area contributed by atoms with Gasteiger partial charge in [0.05, 0.1) is 11.8 Å². The number of hydrogen-bond acceptors (Lipinski definition) is 2. The highest BCUT2D eigenvalue weighted by Gasteiger charge is 2.18. The van der Waals surface area contributed by atoms with Gasteiger partial charge in [0, 0.05) is 4.90 Å². The summed E-state index contributed by atoms with van der Waals surface area (Å²) in [6, 6.07) is 18.4. The molecule has 3 heteroatoms. The van der Waals surface area contributed by atoms with Gasteiger partial charge in [-0.2, -0.15) is 0 Å². The average Bonchev–Trinajstić information content (AvgIpc) is 2.52. The van der Waals surface area contributed by atoms with Crippen molar-refractivity contribution < 1.29 is 4.79 Å². The third-order valence-electron chi connectivity index (χ3n) is 3.59. The van der Waals surface area contributed by atoms with Gasteiger partial charge in [-0.25, -0.2) is 0 Å². The normalized spacial score (nSPS) is 12.2. The van der Waals surface area contributed by atoms with E-state index in [1.165, 1.54) is 10.5 Å². The molecule has 0 saturated carbocycles. The van der Waals surface area contributed by atoms with Crippen LogP contribution in [0.3, 0.4) is 0 Å². The Morgan fingerprint density at radius 1 is 1.05 bits per heavy atom. The van der Waals surface area contributed by atoms with Crippen LogP contribution < -0.4 is 5.32 Å². The van der Waals surface area contributed by atoms with E-state index in [9.17, 15) is 4.79 Å². The summed E-state index contributed by atoms with van der Waals surface area (Å²) in [4.78, 5) is 13.4. The van der Waals surface area contributed by atoms with Crippen LogP contribution in [0, 0.1) is 12.8 Å². The largest absolute Gasteiger partial charge is 0.348 e. The van der Waals surface area contributed by atoms with Crippen molar-refractivity contribution in [3.8, 4) is 0 Å². The lowest BCUT2D eigenvalue weighted by atomic mass is 9.96. The predicted octanol–water partition coefficient (Wildman–Crippen LogP) is 4.60. The smallest absolute Gasteiger partial charge is 0.230 e. The zero-order chi connectivity index (χ0) is 15.9. The van der Waals surface area contributed by atoms with Crippen LogP contribution in [0.15, 0.2) is 59.5 Å². The molecule has 1 N–H and O–H groups in total. The first kappa shape index (κ1) is 16.6. The van der Waals surface area contributed by atoms with Crippen molar-refractivity contribution in [3.05, 3.63) is 65.7 Å². The van der Waals surface area contributed by atoms with Crippen LogP contribution in [-0.2, 0) is 4.79 Å². The Morgan fingerprint density at radius 2 is 1.68 bits per heavy atom. The molecule has 1 amide bonds. The van der Waals surface area contributed by atoms with Crippen LogP contribution in [0.25, 0.3) is 0 Å². The number of hydrogen-bond donors (Lipinski definition) is 1. The SMILES string of the molecule is Cc1ccccc1SCC(=O)N[C@@H](c1ccccc1)C(C)C. The van der Waals surface area contributed by atoms with Crippen molar-refractivity contribution in [2.75, 3.05) is 5.75 Å². The second-order valence-corrected chi connectivity index (χ2v) is 6.77. The Kier molecular flexibility index (Phi) is 6.08. The summed E-state index contributed by atoms with van der Waals surface area (Å²) in [5.41, 5.74) is 2.37. The molecule has 2 rings (SSSR count). The van der Waals surface area contributed by atoms with Gasteiger partial charge >= 0.3 is 0 Å². The summed E-state index contributed by atoms with van der Waals surface area (Å²) in [5.74, 6) is 0.881. The van der Waals surface area contributed by atoms with Gasteiger partial charge in [-0.1, -0.05) is 62.4 Å². The van der Waals surface area contributed by atoms with Crippen LogP contribution in [0.2, 0.25) is 0 Å². The van der Waals surface area contributed by atoms with E-state index in [-0.39, 0.29) is 11.9 Å². The molecule has 0 heterocycles. The Bertz CT molecular complexity index is 610. The van der Waals surface area contributed by atoms with E-state index >= 15 is 0 Å². The molecule has 0 spiro atoms. The molecule has 0 aliphatic heterocycles. The summed E-state index contributed by atoms with van der Waals surface area (Å²) in [5, 5.41) is 3.16. The molecule has 2 aromatic rings. The number of carbonyl (C=O) groups excluding carboxylic acids is 1. The van der Waals surface area contributed by atoms with Crippen molar-refractivity contribution >= 4 is 17.7 Å². The fourth-order valence-electron chi connectivity index (χ4n) is 2.37. The summed E-state index contributed by atoms with van der Waals surface area (Å²) < 4.78 is 0. The van der Waals surface area contributed by atoms with E-state index in [1.54, 1.807) is 11.8 Å². The molecular weight excluding hydrogens is 290 g/mol. The quantitative estimate of drug-likeness (QED) is 0.790. The number of nitrogens with one attached hydrogen (secondary N) is 1. The van der Waals surface area contributed by atoms with Crippen molar-refractivity contribution in [1.82, 2.24) is 5.32 Å². The second-order valence-electron chi connectivity index (χ2n) is 5.75. The van der Waals surface area contributed by atoms with Gasteiger partial charge in [0.25, 0.3) is 0 Å². The minimum Gasteiger partial charge on any atom is -0.348 e. The summed E-state index contributed by atoms with van der Waals surface area (Å²) in [6.07, 6.45) is 0. The maximum Gasteiger partial charge on any atom is 0.230 e. The van der Waals surface area contributed by atoms with Crippen molar-refractivity contribution in [1.29, 1.82) is 0 Å². The molecule has 0 fully saturated rings. The highest BCUT2D eigenvalue weighted by molar-refractivity contribution is 8.00. The van der Waals surface area contributed by atoms with E-state index in [4.69, 9.17) is 0 Å². The Morgan fingerprint density at radius 3 is 2.32 bits per heavy atom. The molecule has 0 unspecified atom stereocenters. The van der Waals surface area contributed by atoms with Crippen molar-refractivity contribution in [2.24, 2.45) is 5.92 Å². The van der Waals surface area contributed by atoms with E-state index in [0.29, 0.717) is 11.7 Å². The maximum absolute atomic E-state index is 12.3. The van der Waals surface area contributed by atoms with Crippen LogP contribution in [-0.4, -0.2) is 11.7 Å². The lowest BCUT2D eigenvalue weighted by molar-refractivity contribution is -0.119. The number of thioether (sulfide) groups is 1. The van der Waals surface area contributed by atoms with E-state index in [0.717, 1.165) is 5.56 Å². The number of rotatable bonds is 6. The number of benzene rings is 2. The first-order valence-corrected chi connectivity index (χ1v) is 8.59. The fourth-order valence-corrected chi connectivity index (χ4v) is 3.21. The van der Waals surface area contributed by atoms with Gasteiger partial charge in [-0.3, -0.25) is 4.79 Å². The molecule has 2 nitrogen and oxygen atoms in total. The first-order chi connectivity index (χ1) is 10.6. The third-order valence-corrected chi connectivity index (χ3v) is 4.77. The molecule has 0 aliphatic carbocycles. The average molecular weight is 313 g/mol. The molecule has 0 bridgehead atoms. The molecule has 0 aliphatic rings. The Balaban J connectivity index is 1.96. The standard InChI is InChI=1S/C19H23NOS/c1-14(2)19(16-10-5-4-6-11-16)20-18(21)13-22-17-12-8-7-9-15(17)3/h4-12,14,19H,13H2,1-3H3,(H,20,21)/t19-/m1/s1. The predicted molar refractivity (Wildman–Crippen MR) is 94.1 cm³/mol. The number of carbonyl (C=O) groups is 1. The van der Waals surface area contributed by atoms with Gasteiger partial charge in [0.2, 0.25) is 5.91 Å². The first-order valence-electron chi connectivity index (χ1n) is 7.60. The van der Waals surface area contributed by atoms with Gasteiger partial charge in [0.15, 0.2) is 0 Å². The Labute approximate surface area is 137 Å². The maximum atomic E-state index is 12.3. The van der Waals surface area contributed by atoms with Crippen LogP contribution in [0.5, 0.6) is 0 Å². The van der Waals surface area contributed by atoms with Gasteiger partial charge < -0.3 is 5.32 Å². The molecule has 0 radical (unpaired) electrons. The highest BCUT2D eigenvalue weighted by Crippen LogP contribution is 2.24. The lowest BCUT2D eigenvalue weighted by Gasteiger charge is -2.23. The summed E-state index contributed by atoms with van der Waals surface area (Å²) in [6.45, 7) is 6.33. The summed E-state index contributed by atoms with van der Waals surface area (Å²) >= 11 is 1.59. The molecule has 116 valence electrons. The third kappa shape index (κ3) is 4.63. The summed E-state index contributed by atoms with van der Waals surface area (Å²) in [7, 11) is 0. The molecule has 1 atom stereocenters. The van der Waals surface area contributed by atoms with E-state index < -0.39 is 0 Å². The number of amides is 1. The molecule has 2 aromatic carbocycles. The molecule has 0 saturated heterocycles. The van der Waals surface area contributed by atoms with Crippen LogP contribution in [0.4, 0.5) is 0 Å². The molecule has 0 aromatic heterocycles. The van der Waals surface area contributed by atoms with Crippen molar-refractivity contribution in [2.45, 2.75) is 31.7 Å². The minimum absolute atomic E-state index is 0.0613. The van der Waals surface area contributed by atoms with E-state index in [2.05, 4.69) is 50.4 Å². The monoisotopic (exact) mass is 313 g/mol.